The molecule has 0 spiro atoms. The summed E-state index contributed by atoms with van der Waals surface area (Å²) in [5.41, 5.74) is 5.46. The Hall–Kier alpha value is -2.46. The van der Waals surface area contributed by atoms with Crippen LogP contribution in [-0.2, 0) is 17.3 Å². The minimum absolute atomic E-state index is 0.0946. The zero-order valence-corrected chi connectivity index (χ0v) is 26.6. The van der Waals surface area contributed by atoms with E-state index in [0.717, 1.165) is 17.8 Å². The summed E-state index contributed by atoms with van der Waals surface area (Å²) in [6.07, 6.45) is -4.76. The number of benzene rings is 2. The normalized spacial score (nSPS) is 18.9. The van der Waals surface area contributed by atoms with Crippen molar-refractivity contribution >= 4 is 11.4 Å². The molecule has 44 heavy (non-hydrogen) atoms. The Morgan fingerprint density at radius 2 is 1.07 bits per heavy atom. The summed E-state index contributed by atoms with van der Waals surface area (Å²) in [4.78, 5) is 2.96. The summed E-state index contributed by atoms with van der Waals surface area (Å²) in [6.45, 7) is 11.1. The summed E-state index contributed by atoms with van der Waals surface area (Å²) >= 11 is 0. The third-order valence-electron chi connectivity index (χ3n) is 8.94. The van der Waals surface area contributed by atoms with Crippen molar-refractivity contribution in [3.05, 3.63) is 59.2 Å². The lowest BCUT2D eigenvalue weighted by Gasteiger charge is -2.34. The maximum atomic E-state index is 12.8. The highest BCUT2D eigenvalue weighted by Crippen LogP contribution is 2.36. The average molecular weight is 627 g/mol. The van der Waals surface area contributed by atoms with Gasteiger partial charge < -0.3 is 10.6 Å². The molecule has 2 aromatic carbocycles. The summed E-state index contributed by atoms with van der Waals surface area (Å²) in [5, 5.41) is 7.09. The smallest absolute Gasteiger partial charge is 0.382 e. The number of nitrogens with zero attached hydrogens (tertiary/aromatic N) is 2. The van der Waals surface area contributed by atoms with Crippen LogP contribution in [0.25, 0.3) is 0 Å². The lowest BCUT2D eigenvalue weighted by atomic mass is 9.74. The summed E-state index contributed by atoms with van der Waals surface area (Å²) in [6, 6.07) is 15.2. The fourth-order valence-electron chi connectivity index (χ4n) is 6.56. The number of piperidine rings is 2. The molecule has 0 unspecified atom stereocenters. The van der Waals surface area contributed by atoms with Crippen molar-refractivity contribution < 1.29 is 26.3 Å². The second-order valence-corrected chi connectivity index (χ2v) is 14.4. The number of halogens is 6. The van der Waals surface area contributed by atoms with Crippen LogP contribution in [0, 0.1) is 0 Å². The van der Waals surface area contributed by atoms with Gasteiger partial charge in [0, 0.05) is 49.6 Å². The first-order chi connectivity index (χ1) is 20.4. The third kappa shape index (κ3) is 10.3. The van der Waals surface area contributed by atoms with Crippen LogP contribution >= 0.6 is 0 Å². The Balaban J connectivity index is 1.36. The topological polar surface area (TPSA) is 30.5 Å². The van der Waals surface area contributed by atoms with E-state index in [4.69, 9.17) is 0 Å². The van der Waals surface area contributed by atoms with Crippen LogP contribution in [-0.4, -0.2) is 73.5 Å². The summed E-state index contributed by atoms with van der Waals surface area (Å²) in [5.74, 6) is 0. The lowest BCUT2D eigenvalue weighted by molar-refractivity contribution is -0.148. The predicted molar refractivity (Wildman–Crippen MR) is 167 cm³/mol. The molecule has 0 amide bonds. The van der Waals surface area contributed by atoms with E-state index in [1.807, 2.05) is 0 Å². The van der Waals surface area contributed by atoms with Crippen molar-refractivity contribution in [2.75, 3.05) is 49.9 Å². The molecule has 10 heteroatoms. The van der Waals surface area contributed by atoms with Crippen molar-refractivity contribution in [1.82, 2.24) is 9.80 Å². The molecule has 0 aromatic heterocycles. The van der Waals surface area contributed by atoms with Gasteiger partial charge in [-0.05, 0) is 83.9 Å². The first-order valence-corrected chi connectivity index (χ1v) is 15.7. The Kier molecular flexibility index (Phi) is 10.6. The van der Waals surface area contributed by atoms with Gasteiger partial charge in [-0.3, -0.25) is 9.80 Å². The third-order valence-corrected chi connectivity index (χ3v) is 8.94. The highest BCUT2D eigenvalue weighted by molar-refractivity contribution is 5.53. The maximum absolute atomic E-state index is 12.8. The van der Waals surface area contributed by atoms with E-state index in [9.17, 15) is 26.3 Å². The Bertz CT molecular complexity index is 1200. The van der Waals surface area contributed by atoms with Crippen molar-refractivity contribution in [3.8, 4) is 0 Å². The second kappa shape index (κ2) is 13.5. The SMILES string of the molecule is CC(C)(C)c1cc(NC2CCN(CC(F)(F)F)CC2)ccc1CC(C)(C)c1ccc(NC2CCN(CC(F)(F)F)CC2)cc1. The molecular weight excluding hydrogens is 578 g/mol. The van der Waals surface area contributed by atoms with Crippen LogP contribution in [0.4, 0.5) is 37.7 Å². The number of hydrogen-bond acceptors (Lipinski definition) is 4. The van der Waals surface area contributed by atoms with Gasteiger partial charge in [-0.1, -0.05) is 52.8 Å². The molecule has 2 aromatic rings. The molecule has 0 atom stereocenters. The van der Waals surface area contributed by atoms with Crippen molar-refractivity contribution in [3.63, 3.8) is 0 Å². The highest BCUT2D eigenvalue weighted by atomic mass is 19.4. The van der Waals surface area contributed by atoms with Crippen LogP contribution in [0.15, 0.2) is 42.5 Å². The first kappa shape index (κ1) is 34.4. The van der Waals surface area contributed by atoms with Gasteiger partial charge in [-0.2, -0.15) is 26.3 Å². The van der Waals surface area contributed by atoms with Crippen molar-refractivity contribution in [1.29, 1.82) is 0 Å². The van der Waals surface area contributed by atoms with E-state index in [-0.39, 0.29) is 22.9 Å². The molecule has 2 aliphatic heterocycles. The quantitative estimate of drug-likeness (QED) is 0.274. The molecule has 246 valence electrons. The minimum Gasteiger partial charge on any atom is -0.382 e. The molecule has 0 bridgehead atoms. The van der Waals surface area contributed by atoms with Gasteiger partial charge in [0.2, 0.25) is 0 Å². The van der Waals surface area contributed by atoms with E-state index in [1.165, 1.54) is 26.5 Å². The summed E-state index contributed by atoms with van der Waals surface area (Å²) < 4.78 is 76.4. The number of hydrogen-bond donors (Lipinski definition) is 2. The molecular formula is C34H48F6N4. The molecule has 2 N–H and O–H groups in total. The van der Waals surface area contributed by atoms with Gasteiger partial charge in [0.15, 0.2) is 0 Å². The van der Waals surface area contributed by atoms with Gasteiger partial charge in [0.05, 0.1) is 13.1 Å². The highest BCUT2D eigenvalue weighted by Gasteiger charge is 2.34. The Morgan fingerprint density at radius 1 is 0.636 bits per heavy atom. The lowest BCUT2D eigenvalue weighted by Crippen LogP contribution is -2.43. The van der Waals surface area contributed by atoms with E-state index in [2.05, 4.69) is 87.7 Å². The Morgan fingerprint density at radius 3 is 1.50 bits per heavy atom. The molecule has 0 aliphatic carbocycles. The van der Waals surface area contributed by atoms with Crippen LogP contribution in [0.1, 0.15) is 77.0 Å². The van der Waals surface area contributed by atoms with Crippen LogP contribution < -0.4 is 10.6 Å². The molecule has 2 fully saturated rings. The van der Waals surface area contributed by atoms with E-state index >= 15 is 0 Å². The molecule has 2 aliphatic rings. The minimum atomic E-state index is -4.16. The summed E-state index contributed by atoms with van der Waals surface area (Å²) in [7, 11) is 0. The maximum Gasteiger partial charge on any atom is 0.401 e. The molecule has 4 nitrogen and oxygen atoms in total. The van der Waals surface area contributed by atoms with Gasteiger partial charge in [0.25, 0.3) is 0 Å². The molecule has 2 saturated heterocycles. The van der Waals surface area contributed by atoms with Crippen LogP contribution in [0.2, 0.25) is 0 Å². The largest absolute Gasteiger partial charge is 0.401 e. The first-order valence-electron chi connectivity index (χ1n) is 15.7. The molecule has 4 rings (SSSR count). The van der Waals surface area contributed by atoms with Crippen LogP contribution in [0.3, 0.4) is 0 Å². The van der Waals surface area contributed by atoms with Crippen LogP contribution in [0.5, 0.6) is 0 Å². The predicted octanol–water partition coefficient (Wildman–Crippen LogP) is 8.38. The second-order valence-electron chi connectivity index (χ2n) is 14.4. The van der Waals surface area contributed by atoms with E-state index in [0.29, 0.717) is 51.9 Å². The van der Waals surface area contributed by atoms with Gasteiger partial charge in [-0.15, -0.1) is 0 Å². The molecule has 0 radical (unpaired) electrons. The number of alkyl halides is 6. The standard InChI is InChI=1S/C34H48F6N4/c1-31(2,3)30-20-29(42-28-14-18-44(19-15-28)23-34(38,39)40)9-6-24(30)21-32(4,5)25-7-10-26(11-8-25)41-27-12-16-43(17-13-27)22-33(35,36)37/h6-11,20,27-28,41-42H,12-19,21-23H2,1-5H3. The van der Waals surface area contributed by atoms with Crippen molar-refractivity contribution in [2.24, 2.45) is 0 Å². The number of likely N-dealkylation sites (tertiary alicyclic amines) is 2. The molecule has 2 heterocycles. The Labute approximate surface area is 258 Å². The fraction of sp³-hybridized carbons (Fsp3) is 0.647. The van der Waals surface area contributed by atoms with Gasteiger partial charge in [-0.25, -0.2) is 0 Å². The van der Waals surface area contributed by atoms with Crippen molar-refractivity contribution in [2.45, 2.75) is 102 Å². The zero-order chi connectivity index (χ0) is 32.3. The number of rotatable bonds is 9. The van der Waals surface area contributed by atoms with Gasteiger partial charge in [0.1, 0.15) is 0 Å². The number of nitrogens with one attached hydrogen (secondary N) is 2. The number of anilines is 2. The fourth-order valence-corrected chi connectivity index (χ4v) is 6.56. The van der Waals surface area contributed by atoms with Gasteiger partial charge >= 0.3 is 12.4 Å². The van der Waals surface area contributed by atoms with E-state index < -0.39 is 25.4 Å². The average Bonchev–Trinajstić information content (AvgIpc) is 2.90. The van der Waals surface area contributed by atoms with E-state index in [1.54, 1.807) is 0 Å². The molecule has 0 saturated carbocycles. The monoisotopic (exact) mass is 626 g/mol. The zero-order valence-electron chi connectivity index (χ0n) is 26.6.